The first kappa shape index (κ1) is 15.4. The summed E-state index contributed by atoms with van der Waals surface area (Å²) in [5.41, 5.74) is 5.72. The second kappa shape index (κ2) is 6.15. The Labute approximate surface area is 158 Å². The second-order valence-electron chi connectivity index (χ2n) is 6.48. The third-order valence-corrected chi connectivity index (χ3v) is 6.04. The summed E-state index contributed by atoms with van der Waals surface area (Å²) in [4.78, 5) is 0. The van der Waals surface area contributed by atoms with E-state index in [0.717, 1.165) is 5.46 Å². The highest BCUT2D eigenvalue weighted by molar-refractivity contribution is 7.26. The Morgan fingerprint density at radius 2 is 1.31 bits per heavy atom. The molecule has 2 heteroatoms. The third-order valence-electron chi connectivity index (χ3n) is 4.82. The zero-order chi connectivity index (χ0) is 17.5. The predicted molar refractivity (Wildman–Crippen MR) is 116 cm³/mol. The molecule has 0 bridgehead atoms. The first-order valence-electron chi connectivity index (χ1n) is 8.66. The Kier molecular flexibility index (Phi) is 3.65. The van der Waals surface area contributed by atoms with E-state index in [1.807, 2.05) is 23.5 Å². The molecule has 0 fully saturated rings. The van der Waals surface area contributed by atoms with Crippen LogP contribution in [-0.4, -0.2) is 7.85 Å². The summed E-state index contributed by atoms with van der Waals surface area (Å²) < 4.78 is 2.69. The lowest BCUT2D eigenvalue weighted by molar-refractivity contribution is 1.62. The highest BCUT2D eigenvalue weighted by Crippen LogP contribution is 2.40. The van der Waals surface area contributed by atoms with Crippen LogP contribution < -0.4 is 5.46 Å². The average Bonchev–Trinajstić information content (AvgIpc) is 3.07. The van der Waals surface area contributed by atoms with Crippen molar-refractivity contribution in [1.82, 2.24) is 0 Å². The van der Waals surface area contributed by atoms with E-state index in [9.17, 15) is 0 Å². The van der Waals surface area contributed by atoms with E-state index in [4.69, 9.17) is 7.85 Å². The second-order valence-corrected chi connectivity index (χ2v) is 7.54. The maximum Gasteiger partial charge on any atom is 0.113 e. The Balaban J connectivity index is 1.71. The quantitative estimate of drug-likeness (QED) is 0.335. The van der Waals surface area contributed by atoms with Crippen molar-refractivity contribution >= 4 is 44.8 Å². The van der Waals surface area contributed by atoms with Crippen molar-refractivity contribution in [2.75, 3.05) is 0 Å². The number of benzene rings is 4. The molecule has 2 radical (unpaired) electrons. The van der Waals surface area contributed by atoms with Gasteiger partial charge in [0.05, 0.1) is 0 Å². The van der Waals surface area contributed by atoms with E-state index in [-0.39, 0.29) is 0 Å². The van der Waals surface area contributed by atoms with Crippen LogP contribution >= 0.6 is 11.3 Å². The van der Waals surface area contributed by atoms with Crippen molar-refractivity contribution in [3.05, 3.63) is 91.0 Å². The summed E-state index contributed by atoms with van der Waals surface area (Å²) in [5.74, 6) is 0. The van der Waals surface area contributed by atoms with Gasteiger partial charge in [0, 0.05) is 20.2 Å². The smallest absolute Gasteiger partial charge is 0.113 e. The average molecular weight is 346 g/mol. The fourth-order valence-corrected chi connectivity index (χ4v) is 4.75. The molecule has 0 saturated carbocycles. The van der Waals surface area contributed by atoms with Gasteiger partial charge in [-0.1, -0.05) is 84.3 Å². The van der Waals surface area contributed by atoms with Crippen LogP contribution in [0.5, 0.6) is 0 Å². The Bertz CT molecular complexity index is 1230. The topological polar surface area (TPSA) is 0 Å². The van der Waals surface area contributed by atoms with Crippen molar-refractivity contribution in [3.63, 3.8) is 0 Å². The minimum atomic E-state index is 0.792. The maximum absolute atomic E-state index is 5.83. The van der Waals surface area contributed by atoms with E-state index in [1.54, 1.807) is 0 Å². The highest BCUT2D eigenvalue weighted by Gasteiger charge is 2.10. The molecular formula is C24H15BS. The molecule has 0 aliphatic rings. The van der Waals surface area contributed by atoms with Crippen molar-refractivity contribution in [1.29, 1.82) is 0 Å². The van der Waals surface area contributed by atoms with Crippen LogP contribution in [0.25, 0.3) is 42.4 Å². The molecule has 0 atom stereocenters. The number of fused-ring (bicyclic) bond motifs is 3. The Morgan fingerprint density at radius 3 is 2.19 bits per heavy atom. The van der Waals surface area contributed by atoms with Gasteiger partial charge in [-0.05, 0) is 34.4 Å². The molecule has 0 unspecified atom stereocenters. The third kappa shape index (κ3) is 2.54. The van der Waals surface area contributed by atoms with Crippen LogP contribution in [0.15, 0.2) is 91.0 Å². The number of rotatable bonds is 2. The van der Waals surface area contributed by atoms with E-state index < -0.39 is 0 Å². The highest BCUT2D eigenvalue weighted by atomic mass is 32.1. The number of hydrogen-bond acceptors (Lipinski definition) is 1. The monoisotopic (exact) mass is 346 g/mol. The summed E-state index contributed by atoms with van der Waals surface area (Å²) >= 11 is 1.87. The SMILES string of the molecule is [B]c1ccc(-c2cccc(-c3cccc4c3sc3ccccc34)c2)cc1. The molecule has 5 aromatic rings. The van der Waals surface area contributed by atoms with Gasteiger partial charge in [0.1, 0.15) is 7.85 Å². The summed E-state index contributed by atoms with van der Waals surface area (Å²) in [6, 6.07) is 32.1. The van der Waals surface area contributed by atoms with Crippen molar-refractivity contribution in [2.45, 2.75) is 0 Å². The number of hydrogen-bond donors (Lipinski definition) is 0. The zero-order valence-electron chi connectivity index (χ0n) is 14.1. The first-order chi connectivity index (χ1) is 12.8. The number of thiophene rings is 1. The van der Waals surface area contributed by atoms with E-state index >= 15 is 0 Å². The van der Waals surface area contributed by atoms with Crippen molar-refractivity contribution in [3.8, 4) is 22.3 Å². The molecule has 4 aromatic carbocycles. The first-order valence-corrected chi connectivity index (χ1v) is 9.48. The lowest BCUT2D eigenvalue weighted by atomic mass is 9.93. The van der Waals surface area contributed by atoms with Gasteiger partial charge in [0.15, 0.2) is 0 Å². The van der Waals surface area contributed by atoms with Crippen LogP contribution in [0.2, 0.25) is 0 Å². The molecule has 0 N–H and O–H groups in total. The van der Waals surface area contributed by atoms with Gasteiger partial charge in [0.2, 0.25) is 0 Å². The zero-order valence-corrected chi connectivity index (χ0v) is 15.0. The lowest BCUT2D eigenvalue weighted by Gasteiger charge is -2.08. The maximum atomic E-state index is 5.83. The van der Waals surface area contributed by atoms with Crippen LogP contribution in [0.3, 0.4) is 0 Å². The van der Waals surface area contributed by atoms with Gasteiger partial charge in [-0.25, -0.2) is 0 Å². The van der Waals surface area contributed by atoms with Crippen LogP contribution in [0.1, 0.15) is 0 Å². The fraction of sp³-hybridized carbons (Fsp3) is 0. The molecule has 0 spiro atoms. The summed E-state index contributed by atoms with van der Waals surface area (Å²) in [6.07, 6.45) is 0. The molecular weight excluding hydrogens is 331 g/mol. The van der Waals surface area contributed by atoms with E-state index in [0.29, 0.717) is 0 Å². The molecule has 26 heavy (non-hydrogen) atoms. The summed E-state index contributed by atoms with van der Waals surface area (Å²) in [7, 11) is 5.83. The van der Waals surface area contributed by atoms with Crippen molar-refractivity contribution < 1.29 is 0 Å². The van der Waals surface area contributed by atoms with Gasteiger partial charge in [0.25, 0.3) is 0 Å². The minimum Gasteiger partial charge on any atom is -0.135 e. The molecule has 120 valence electrons. The van der Waals surface area contributed by atoms with Crippen molar-refractivity contribution in [2.24, 2.45) is 0 Å². The fourth-order valence-electron chi connectivity index (χ4n) is 3.52. The molecule has 0 amide bonds. The van der Waals surface area contributed by atoms with E-state index in [2.05, 4.69) is 78.9 Å². The predicted octanol–water partition coefficient (Wildman–Crippen LogP) is 6.18. The Morgan fingerprint density at radius 1 is 0.577 bits per heavy atom. The normalized spacial score (nSPS) is 11.2. The molecule has 1 aromatic heterocycles. The summed E-state index contributed by atoms with van der Waals surface area (Å²) in [5, 5.41) is 2.67. The molecule has 0 nitrogen and oxygen atoms in total. The van der Waals surface area contributed by atoms with Gasteiger partial charge < -0.3 is 0 Å². The standard InChI is InChI=1S/C24H15BS/c25-19-13-11-16(12-14-19)17-5-3-6-18(15-17)20-8-4-9-22-21-7-1-2-10-23(21)26-24(20)22/h1-15H. The van der Waals surface area contributed by atoms with Gasteiger partial charge in [-0.15, -0.1) is 11.3 Å². The van der Waals surface area contributed by atoms with Crippen LogP contribution in [-0.2, 0) is 0 Å². The summed E-state index contributed by atoms with van der Waals surface area (Å²) in [6.45, 7) is 0. The molecule has 0 saturated heterocycles. The lowest BCUT2D eigenvalue weighted by Crippen LogP contribution is -1.99. The molecule has 0 aliphatic heterocycles. The Hall–Kier alpha value is -2.84. The van der Waals surface area contributed by atoms with Crippen LogP contribution in [0, 0.1) is 0 Å². The molecule has 5 rings (SSSR count). The minimum absolute atomic E-state index is 0.792. The van der Waals surface area contributed by atoms with Gasteiger partial charge in [-0.3, -0.25) is 0 Å². The van der Waals surface area contributed by atoms with Crippen LogP contribution in [0.4, 0.5) is 0 Å². The van der Waals surface area contributed by atoms with Gasteiger partial charge in [-0.2, -0.15) is 0 Å². The molecule has 1 heterocycles. The van der Waals surface area contributed by atoms with Gasteiger partial charge >= 0.3 is 0 Å². The largest absolute Gasteiger partial charge is 0.135 e. The van der Waals surface area contributed by atoms with E-state index in [1.165, 1.54) is 42.4 Å². The molecule has 0 aliphatic carbocycles.